The molecule has 0 aromatic heterocycles. The van der Waals surface area contributed by atoms with Crippen LogP contribution < -0.4 is 0 Å². The van der Waals surface area contributed by atoms with Gasteiger partial charge in [0.25, 0.3) is 0 Å². The third kappa shape index (κ3) is 1.76. The molecule has 4 nitrogen and oxygen atoms in total. The Morgan fingerprint density at radius 1 is 1.83 bits per heavy atom. The first kappa shape index (κ1) is 9.48. The minimum atomic E-state index is -1.08. The molecule has 0 aromatic carbocycles. The molecule has 0 heterocycles. The van der Waals surface area contributed by atoms with Crippen LogP contribution in [0.5, 0.6) is 0 Å². The molecule has 3 unspecified atom stereocenters. The first-order chi connectivity index (χ1) is 5.49. The molecule has 0 aromatic rings. The van der Waals surface area contributed by atoms with Crippen molar-refractivity contribution >= 4 is 5.97 Å². The number of aliphatic hydroxyl groups is 2. The molecule has 1 rings (SSSR count). The lowest BCUT2D eigenvalue weighted by Gasteiger charge is -2.13. The number of hydrogen-bond acceptors (Lipinski definition) is 4. The summed E-state index contributed by atoms with van der Waals surface area (Å²) in [6, 6.07) is 0. The maximum absolute atomic E-state index is 10.9. The Kier molecular flexibility index (Phi) is 2.39. The Labute approximate surface area is 71.2 Å². The molecule has 0 amide bonds. The lowest BCUT2D eigenvalue weighted by Crippen LogP contribution is -2.27. The van der Waals surface area contributed by atoms with E-state index in [2.05, 4.69) is 0 Å². The average Bonchev–Trinajstić information content (AvgIpc) is 2.61. The van der Waals surface area contributed by atoms with Gasteiger partial charge in [-0.3, -0.25) is 0 Å². The van der Waals surface area contributed by atoms with Crippen LogP contribution in [0.3, 0.4) is 0 Å². The van der Waals surface area contributed by atoms with E-state index in [-0.39, 0.29) is 12.5 Å². The van der Waals surface area contributed by atoms with Gasteiger partial charge in [0.15, 0.2) is 0 Å². The molecule has 0 radical (unpaired) electrons. The second-order valence-corrected chi connectivity index (χ2v) is 3.49. The number of aliphatic hydroxyl groups excluding tert-OH is 2. The van der Waals surface area contributed by atoms with Gasteiger partial charge >= 0.3 is 5.97 Å². The van der Waals surface area contributed by atoms with Gasteiger partial charge in [-0.15, -0.1) is 0 Å². The number of hydrogen-bond donors (Lipinski definition) is 2. The second-order valence-electron chi connectivity index (χ2n) is 3.49. The van der Waals surface area contributed by atoms with Crippen molar-refractivity contribution in [3.05, 3.63) is 0 Å². The van der Waals surface area contributed by atoms with Crippen LogP contribution >= 0.6 is 0 Å². The van der Waals surface area contributed by atoms with E-state index in [0.29, 0.717) is 6.42 Å². The third-order valence-electron chi connectivity index (χ3n) is 2.25. The molecule has 1 aliphatic carbocycles. The summed E-state index contributed by atoms with van der Waals surface area (Å²) in [5, 5.41) is 17.6. The summed E-state index contributed by atoms with van der Waals surface area (Å²) in [6.07, 6.45) is -0.399. The predicted molar refractivity (Wildman–Crippen MR) is 41.4 cm³/mol. The van der Waals surface area contributed by atoms with Gasteiger partial charge in [0.1, 0.15) is 11.7 Å². The van der Waals surface area contributed by atoms with Crippen LogP contribution in [0.15, 0.2) is 0 Å². The fraction of sp³-hybridized carbons (Fsp3) is 0.875. The van der Waals surface area contributed by atoms with E-state index in [4.69, 9.17) is 14.9 Å². The highest BCUT2D eigenvalue weighted by Gasteiger charge is 2.53. The molecular weight excluding hydrogens is 160 g/mol. The predicted octanol–water partition coefficient (Wildman–Crippen LogP) is -0.319. The number of carbonyl (C=O) groups is 1. The highest BCUT2D eigenvalue weighted by atomic mass is 16.6. The van der Waals surface area contributed by atoms with Gasteiger partial charge in [-0.25, -0.2) is 4.79 Å². The van der Waals surface area contributed by atoms with E-state index in [1.54, 1.807) is 6.92 Å². The van der Waals surface area contributed by atoms with Crippen molar-refractivity contribution in [1.82, 2.24) is 0 Å². The minimum absolute atomic E-state index is 0.0313. The van der Waals surface area contributed by atoms with E-state index < -0.39 is 17.7 Å². The van der Waals surface area contributed by atoms with Crippen LogP contribution in [-0.2, 0) is 9.53 Å². The van der Waals surface area contributed by atoms with Crippen molar-refractivity contribution in [2.75, 3.05) is 6.61 Å². The maximum Gasteiger partial charge on any atom is 0.335 e. The molecule has 0 bridgehead atoms. The molecule has 0 saturated heterocycles. The van der Waals surface area contributed by atoms with E-state index in [1.807, 2.05) is 0 Å². The van der Waals surface area contributed by atoms with Gasteiger partial charge in [-0.05, 0) is 20.3 Å². The average molecular weight is 174 g/mol. The van der Waals surface area contributed by atoms with Crippen LogP contribution in [0, 0.1) is 5.92 Å². The van der Waals surface area contributed by atoms with Gasteiger partial charge in [-0.1, -0.05) is 0 Å². The fourth-order valence-electron chi connectivity index (χ4n) is 1.13. The van der Waals surface area contributed by atoms with Crippen LogP contribution in [0.25, 0.3) is 0 Å². The fourth-order valence-corrected chi connectivity index (χ4v) is 1.13. The van der Waals surface area contributed by atoms with Crippen molar-refractivity contribution in [2.24, 2.45) is 5.92 Å². The van der Waals surface area contributed by atoms with Crippen LogP contribution in [0.4, 0.5) is 0 Å². The second kappa shape index (κ2) is 3.03. The zero-order valence-corrected chi connectivity index (χ0v) is 7.28. The van der Waals surface area contributed by atoms with Crippen molar-refractivity contribution in [1.29, 1.82) is 0 Å². The summed E-state index contributed by atoms with van der Waals surface area (Å²) < 4.78 is 4.96. The summed E-state index contributed by atoms with van der Waals surface area (Å²) >= 11 is 0. The molecule has 1 saturated carbocycles. The minimum Gasteiger partial charge on any atom is -0.457 e. The topological polar surface area (TPSA) is 66.8 Å². The van der Waals surface area contributed by atoms with Crippen LogP contribution in [0.1, 0.15) is 20.3 Å². The molecule has 1 fully saturated rings. The van der Waals surface area contributed by atoms with Crippen molar-refractivity contribution in [3.8, 4) is 0 Å². The molecule has 0 aliphatic heterocycles. The van der Waals surface area contributed by atoms with Crippen molar-refractivity contribution in [3.63, 3.8) is 0 Å². The Hall–Kier alpha value is -0.610. The van der Waals surface area contributed by atoms with Crippen molar-refractivity contribution < 1.29 is 19.7 Å². The number of ether oxygens (including phenoxy) is 1. The first-order valence-electron chi connectivity index (χ1n) is 4.01. The van der Waals surface area contributed by atoms with E-state index in [9.17, 15) is 4.79 Å². The normalized spacial score (nSPS) is 35.8. The Morgan fingerprint density at radius 3 is 2.75 bits per heavy atom. The summed E-state index contributed by atoms with van der Waals surface area (Å²) in [5.41, 5.74) is -0.539. The van der Waals surface area contributed by atoms with Gasteiger partial charge in [0, 0.05) is 12.5 Å². The quantitative estimate of drug-likeness (QED) is 0.575. The van der Waals surface area contributed by atoms with E-state index >= 15 is 0 Å². The summed E-state index contributed by atoms with van der Waals surface area (Å²) in [7, 11) is 0. The standard InChI is InChI=1S/C8H14O4/c1-5(10)7(11)12-8(2)3-6(8)4-9/h5-6,9-10H,3-4H2,1-2H3. The molecular formula is C8H14O4. The number of carbonyl (C=O) groups excluding carboxylic acids is 1. The maximum atomic E-state index is 10.9. The molecule has 1 aliphatic rings. The zero-order valence-electron chi connectivity index (χ0n) is 7.28. The monoisotopic (exact) mass is 174 g/mol. The molecule has 3 atom stereocenters. The Balaban J connectivity index is 2.38. The summed E-state index contributed by atoms with van der Waals surface area (Å²) in [5.74, 6) is -0.575. The molecule has 12 heavy (non-hydrogen) atoms. The highest BCUT2D eigenvalue weighted by molar-refractivity contribution is 5.74. The number of rotatable bonds is 3. The molecule has 2 N–H and O–H groups in total. The van der Waals surface area contributed by atoms with E-state index in [0.717, 1.165) is 0 Å². The van der Waals surface area contributed by atoms with E-state index in [1.165, 1.54) is 6.92 Å². The Morgan fingerprint density at radius 2 is 2.42 bits per heavy atom. The largest absolute Gasteiger partial charge is 0.457 e. The number of esters is 1. The highest BCUT2D eigenvalue weighted by Crippen LogP contribution is 2.46. The lowest BCUT2D eigenvalue weighted by atomic mass is 10.3. The summed E-state index contributed by atoms with van der Waals surface area (Å²) in [4.78, 5) is 10.9. The smallest absolute Gasteiger partial charge is 0.335 e. The molecule has 0 spiro atoms. The summed E-state index contributed by atoms with van der Waals surface area (Å²) in [6.45, 7) is 3.15. The van der Waals surface area contributed by atoms with Gasteiger partial charge in [0.05, 0.1) is 0 Å². The third-order valence-corrected chi connectivity index (χ3v) is 2.25. The first-order valence-corrected chi connectivity index (χ1v) is 4.01. The Bertz CT molecular complexity index is 189. The SMILES string of the molecule is CC(O)C(=O)OC1(C)CC1CO. The van der Waals surface area contributed by atoms with Gasteiger partial charge in [0.2, 0.25) is 0 Å². The molecule has 70 valence electrons. The zero-order chi connectivity index (χ0) is 9.35. The van der Waals surface area contributed by atoms with Gasteiger partial charge < -0.3 is 14.9 Å². The van der Waals surface area contributed by atoms with Gasteiger partial charge in [-0.2, -0.15) is 0 Å². The van der Waals surface area contributed by atoms with Crippen LogP contribution in [-0.4, -0.2) is 34.5 Å². The van der Waals surface area contributed by atoms with Crippen LogP contribution in [0.2, 0.25) is 0 Å². The van der Waals surface area contributed by atoms with Crippen molar-refractivity contribution in [2.45, 2.75) is 32.0 Å². The molecule has 4 heteroatoms. The lowest BCUT2D eigenvalue weighted by molar-refractivity contribution is -0.160.